The van der Waals surface area contributed by atoms with Gasteiger partial charge in [-0.15, -0.1) is 6.58 Å². The van der Waals surface area contributed by atoms with Gasteiger partial charge in [-0.3, -0.25) is 0 Å². The summed E-state index contributed by atoms with van der Waals surface area (Å²) in [4.78, 5) is 0. The van der Waals surface area contributed by atoms with Crippen LogP contribution in [0.2, 0.25) is 0 Å². The van der Waals surface area contributed by atoms with E-state index in [2.05, 4.69) is 31.7 Å². The van der Waals surface area contributed by atoms with Crippen LogP contribution in [0, 0.1) is 17.2 Å². The molecule has 1 aliphatic rings. The van der Waals surface area contributed by atoms with Gasteiger partial charge >= 0.3 is 0 Å². The average Bonchev–Trinajstić information content (AvgIpc) is 2.55. The Hall–Kier alpha value is -1.59. The zero-order valence-electron chi connectivity index (χ0n) is 12.9. The molecule has 2 heteroatoms. The SMILES string of the molecule is C=CCCOC(C)[C@H]1CC[C@H](c2ccc(C#N)cc2)CC1. The summed E-state index contributed by atoms with van der Waals surface area (Å²) in [6.45, 7) is 6.72. The second-order valence-corrected chi connectivity index (χ2v) is 6.00. The van der Waals surface area contributed by atoms with Gasteiger partial charge < -0.3 is 4.74 Å². The molecule has 1 aromatic rings. The highest BCUT2D eigenvalue weighted by molar-refractivity contribution is 5.33. The first-order chi connectivity index (χ1) is 10.2. The maximum atomic E-state index is 8.85. The van der Waals surface area contributed by atoms with Crippen LogP contribution < -0.4 is 0 Å². The summed E-state index contributed by atoms with van der Waals surface area (Å²) < 4.78 is 5.89. The van der Waals surface area contributed by atoms with E-state index in [9.17, 15) is 0 Å². The Morgan fingerprint density at radius 2 is 1.95 bits per heavy atom. The van der Waals surface area contributed by atoms with Gasteiger partial charge in [-0.2, -0.15) is 5.26 Å². The number of hydrogen-bond donors (Lipinski definition) is 0. The maximum Gasteiger partial charge on any atom is 0.0991 e. The van der Waals surface area contributed by atoms with E-state index in [1.165, 1.54) is 31.2 Å². The Morgan fingerprint density at radius 3 is 2.52 bits per heavy atom. The molecular weight excluding hydrogens is 258 g/mol. The van der Waals surface area contributed by atoms with Crippen LogP contribution in [0.3, 0.4) is 0 Å². The van der Waals surface area contributed by atoms with E-state index in [4.69, 9.17) is 10.00 Å². The topological polar surface area (TPSA) is 33.0 Å². The molecule has 0 spiro atoms. The van der Waals surface area contributed by atoms with Crippen LogP contribution in [-0.4, -0.2) is 12.7 Å². The lowest BCUT2D eigenvalue weighted by molar-refractivity contribution is 0.0135. The van der Waals surface area contributed by atoms with E-state index in [1.807, 2.05) is 18.2 Å². The van der Waals surface area contributed by atoms with Gasteiger partial charge in [0.25, 0.3) is 0 Å². The standard InChI is InChI=1S/C19H25NO/c1-3-4-13-21-15(2)17-9-11-19(12-10-17)18-7-5-16(14-20)6-8-18/h3,5-8,15,17,19H,1,4,9-13H2,2H3/t15?,17-,19-. The Kier molecular flexibility index (Phi) is 6.02. The van der Waals surface area contributed by atoms with Gasteiger partial charge in [-0.25, -0.2) is 0 Å². The van der Waals surface area contributed by atoms with Crippen LogP contribution >= 0.6 is 0 Å². The third-order valence-corrected chi connectivity index (χ3v) is 4.65. The summed E-state index contributed by atoms with van der Waals surface area (Å²) in [5.41, 5.74) is 2.13. The van der Waals surface area contributed by atoms with E-state index in [1.54, 1.807) is 0 Å². The Morgan fingerprint density at radius 1 is 1.29 bits per heavy atom. The van der Waals surface area contributed by atoms with Crippen molar-refractivity contribution < 1.29 is 4.74 Å². The molecule has 1 aromatic carbocycles. The zero-order chi connectivity index (χ0) is 15.1. The fourth-order valence-electron chi connectivity index (χ4n) is 3.23. The first-order valence-electron chi connectivity index (χ1n) is 7.97. The largest absolute Gasteiger partial charge is 0.378 e. The lowest BCUT2D eigenvalue weighted by Crippen LogP contribution is -2.25. The predicted molar refractivity (Wildman–Crippen MR) is 86.1 cm³/mol. The van der Waals surface area contributed by atoms with Crippen molar-refractivity contribution in [2.75, 3.05) is 6.61 Å². The van der Waals surface area contributed by atoms with Crippen molar-refractivity contribution >= 4 is 0 Å². The molecule has 112 valence electrons. The van der Waals surface area contributed by atoms with E-state index >= 15 is 0 Å². The highest BCUT2D eigenvalue weighted by Gasteiger charge is 2.26. The number of hydrogen-bond acceptors (Lipinski definition) is 2. The van der Waals surface area contributed by atoms with Crippen molar-refractivity contribution in [2.45, 2.75) is 51.0 Å². The van der Waals surface area contributed by atoms with Gasteiger partial charge in [-0.05, 0) is 68.6 Å². The van der Waals surface area contributed by atoms with Gasteiger partial charge in [0.05, 0.1) is 24.3 Å². The molecule has 0 aromatic heterocycles. The minimum atomic E-state index is 0.354. The Balaban J connectivity index is 1.82. The first kappa shape index (κ1) is 15.8. The average molecular weight is 283 g/mol. The quantitative estimate of drug-likeness (QED) is 0.554. The molecule has 2 nitrogen and oxygen atoms in total. The molecule has 0 N–H and O–H groups in total. The molecule has 1 unspecified atom stereocenters. The lowest BCUT2D eigenvalue weighted by Gasteiger charge is -2.32. The predicted octanol–water partition coefficient (Wildman–Crippen LogP) is 4.81. The van der Waals surface area contributed by atoms with Crippen LogP contribution in [-0.2, 0) is 4.74 Å². The number of benzene rings is 1. The molecule has 0 radical (unpaired) electrons. The van der Waals surface area contributed by atoms with Crippen molar-refractivity contribution in [1.82, 2.24) is 0 Å². The fourth-order valence-corrected chi connectivity index (χ4v) is 3.23. The Bertz CT molecular complexity index is 477. The normalized spacial score (nSPS) is 23.2. The minimum absolute atomic E-state index is 0.354. The Labute approximate surface area is 128 Å². The second kappa shape index (κ2) is 8.00. The molecule has 0 heterocycles. The van der Waals surface area contributed by atoms with Gasteiger partial charge in [0.1, 0.15) is 0 Å². The van der Waals surface area contributed by atoms with Crippen molar-refractivity contribution in [3.05, 3.63) is 48.0 Å². The first-order valence-corrected chi connectivity index (χ1v) is 7.97. The summed E-state index contributed by atoms with van der Waals surface area (Å²) in [5, 5.41) is 8.85. The molecule has 1 aliphatic carbocycles. The zero-order valence-corrected chi connectivity index (χ0v) is 12.9. The third-order valence-electron chi connectivity index (χ3n) is 4.65. The van der Waals surface area contributed by atoms with E-state index < -0.39 is 0 Å². The molecule has 1 saturated carbocycles. The summed E-state index contributed by atoms with van der Waals surface area (Å²) >= 11 is 0. The van der Waals surface area contributed by atoms with E-state index in [-0.39, 0.29) is 0 Å². The second-order valence-electron chi connectivity index (χ2n) is 6.00. The number of ether oxygens (including phenoxy) is 1. The van der Waals surface area contributed by atoms with Crippen LogP contribution in [0.25, 0.3) is 0 Å². The van der Waals surface area contributed by atoms with Crippen LogP contribution in [0.4, 0.5) is 0 Å². The van der Waals surface area contributed by atoms with Gasteiger partial charge in [0, 0.05) is 0 Å². The molecule has 2 rings (SSSR count). The molecule has 0 saturated heterocycles. The van der Waals surface area contributed by atoms with Gasteiger partial charge in [0.2, 0.25) is 0 Å². The summed E-state index contributed by atoms with van der Waals surface area (Å²) in [7, 11) is 0. The van der Waals surface area contributed by atoms with Crippen LogP contribution in [0.1, 0.15) is 56.1 Å². The van der Waals surface area contributed by atoms with E-state index in [0.717, 1.165) is 18.6 Å². The smallest absolute Gasteiger partial charge is 0.0991 e. The van der Waals surface area contributed by atoms with Crippen LogP contribution in [0.5, 0.6) is 0 Å². The fraction of sp³-hybridized carbons (Fsp3) is 0.526. The van der Waals surface area contributed by atoms with Crippen LogP contribution in [0.15, 0.2) is 36.9 Å². The summed E-state index contributed by atoms with van der Waals surface area (Å²) in [6, 6.07) is 10.3. The number of nitriles is 1. The third kappa shape index (κ3) is 4.44. The molecule has 0 aliphatic heterocycles. The molecule has 0 bridgehead atoms. The molecule has 1 fully saturated rings. The molecule has 1 atom stereocenters. The summed E-state index contributed by atoms with van der Waals surface area (Å²) in [6.07, 6.45) is 8.13. The van der Waals surface area contributed by atoms with Crippen molar-refractivity contribution in [3.8, 4) is 6.07 Å². The lowest BCUT2D eigenvalue weighted by atomic mass is 9.77. The highest BCUT2D eigenvalue weighted by atomic mass is 16.5. The molecule has 21 heavy (non-hydrogen) atoms. The number of nitrogens with zero attached hydrogens (tertiary/aromatic N) is 1. The number of rotatable bonds is 6. The summed E-state index contributed by atoms with van der Waals surface area (Å²) in [5.74, 6) is 1.33. The van der Waals surface area contributed by atoms with Crippen molar-refractivity contribution in [2.24, 2.45) is 5.92 Å². The highest BCUT2D eigenvalue weighted by Crippen LogP contribution is 2.37. The molecular formula is C19H25NO. The monoisotopic (exact) mass is 283 g/mol. The van der Waals surface area contributed by atoms with Crippen molar-refractivity contribution in [3.63, 3.8) is 0 Å². The maximum absolute atomic E-state index is 8.85. The van der Waals surface area contributed by atoms with Gasteiger partial charge in [-0.1, -0.05) is 18.2 Å². The van der Waals surface area contributed by atoms with Gasteiger partial charge in [0.15, 0.2) is 0 Å². The van der Waals surface area contributed by atoms with Crippen molar-refractivity contribution in [1.29, 1.82) is 5.26 Å². The van der Waals surface area contributed by atoms with E-state index in [0.29, 0.717) is 17.9 Å². The molecule has 0 amide bonds. The minimum Gasteiger partial charge on any atom is -0.378 e.